The highest BCUT2D eigenvalue weighted by atomic mass is 16.5. The predicted molar refractivity (Wildman–Crippen MR) is 146 cm³/mol. The third-order valence-electron chi connectivity index (χ3n) is 7.25. The lowest BCUT2D eigenvalue weighted by molar-refractivity contribution is 0.0303. The molecule has 1 aliphatic rings. The molecule has 2 aromatic heterocycles. The van der Waals surface area contributed by atoms with Gasteiger partial charge >= 0.3 is 0 Å². The summed E-state index contributed by atoms with van der Waals surface area (Å²) in [5.74, 6) is 0.979. The lowest BCUT2D eigenvalue weighted by Gasteiger charge is -2.27. The van der Waals surface area contributed by atoms with E-state index >= 15 is 0 Å². The van der Waals surface area contributed by atoms with Crippen LogP contribution in [0.5, 0.6) is 0 Å². The first-order chi connectivity index (χ1) is 18.1. The minimum Gasteiger partial charge on any atom is -0.378 e. The molecule has 186 valence electrons. The second-order valence-corrected chi connectivity index (χ2v) is 9.67. The van der Waals surface area contributed by atoms with Crippen LogP contribution in [0.25, 0.3) is 27.7 Å². The molecule has 0 aliphatic carbocycles. The molecule has 6 heteroatoms. The fraction of sp³-hybridized carbons (Fsp3) is 0.226. The molecule has 0 N–H and O–H groups in total. The fourth-order valence-corrected chi connectivity index (χ4v) is 5.23. The van der Waals surface area contributed by atoms with Gasteiger partial charge in [0, 0.05) is 30.5 Å². The zero-order chi connectivity index (χ0) is 25.4. The molecular weight excluding hydrogens is 460 g/mol. The smallest absolute Gasteiger partial charge is 0.256 e. The molecule has 0 saturated carbocycles. The Morgan fingerprint density at radius 3 is 2.49 bits per heavy atom. The van der Waals surface area contributed by atoms with E-state index in [0.29, 0.717) is 32.8 Å². The van der Waals surface area contributed by atoms with Crippen LogP contribution in [0.4, 0.5) is 0 Å². The van der Waals surface area contributed by atoms with Gasteiger partial charge in [-0.15, -0.1) is 0 Å². The van der Waals surface area contributed by atoms with Gasteiger partial charge in [0.1, 0.15) is 5.82 Å². The zero-order valence-corrected chi connectivity index (χ0v) is 21.2. The van der Waals surface area contributed by atoms with Gasteiger partial charge in [0.2, 0.25) is 0 Å². The molecule has 6 nitrogen and oxygen atoms in total. The van der Waals surface area contributed by atoms with Crippen molar-refractivity contribution >= 4 is 16.7 Å². The van der Waals surface area contributed by atoms with Crippen molar-refractivity contribution in [2.45, 2.75) is 20.4 Å². The maximum absolute atomic E-state index is 14.0. The number of imidazole rings is 1. The van der Waals surface area contributed by atoms with Crippen molar-refractivity contribution in [1.82, 2.24) is 19.0 Å². The Morgan fingerprint density at radius 1 is 0.919 bits per heavy atom. The molecule has 3 heterocycles. The monoisotopic (exact) mass is 490 g/mol. The van der Waals surface area contributed by atoms with Crippen LogP contribution in [0.15, 0.2) is 85.5 Å². The number of hydrogen-bond acceptors (Lipinski definition) is 3. The van der Waals surface area contributed by atoms with Crippen molar-refractivity contribution in [1.29, 1.82) is 0 Å². The fourth-order valence-electron chi connectivity index (χ4n) is 5.23. The van der Waals surface area contributed by atoms with Crippen molar-refractivity contribution in [2.75, 3.05) is 26.3 Å². The first-order valence-corrected chi connectivity index (χ1v) is 12.7. The van der Waals surface area contributed by atoms with E-state index < -0.39 is 0 Å². The van der Waals surface area contributed by atoms with Crippen molar-refractivity contribution in [3.63, 3.8) is 0 Å². The molecule has 3 aromatic carbocycles. The number of morpholine rings is 1. The molecule has 0 radical (unpaired) electrons. The largest absolute Gasteiger partial charge is 0.378 e. The number of aryl methyl sites for hydroxylation is 1. The molecule has 0 atom stereocenters. The second-order valence-electron chi connectivity index (χ2n) is 9.67. The van der Waals surface area contributed by atoms with Crippen molar-refractivity contribution in [3.8, 4) is 16.9 Å². The zero-order valence-electron chi connectivity index (χ0n) is 21.2. The number of hydrogen-bond donors (Lipinski definition) is 0. The topological polar surface area (TPSA) is 52.3 Å². The predicted octanol–water partition coefficient (Wildman–Crippen LogP) is 5.63. The van der Waals surface area contributed by atoms with Crippen LogP contribution < -0.4 is 0 Å². The summed E-state index contributed by atoms with van der Waals surface area (Å²) in [6.45, 7) is 7.16. The van der Waals surface area contributed by atoms with E-state index in [2.05, 4.69) is 87.9 Å². The highest BCUT2D eigenvalue weighted by Gasteiger charge is 2.28. The first-order valence-electron chi connectivity index (χ1n) is 12.7. The normalized spacial score (nSPS) is 13.8. The highest BCUT2D eigenvalue weighted by molar-refractivity contribution is 6.07. The third-order valence-corrected chi connectivity index (χ3v) is 7.25. The van der Waals surface area contributed by atoms with Crippen LogP contribution in [-0.2, 0) is 11.3 Å². The van der Waals surface area contributed by atoms with E-state index in [0.717, 1.165) is 39.0 Å². The Bertz CT molecular complexity index is 1570. The summed E-state index contributed by atoms with van der Waals surface area (Å²) in [6.07, 6.45) is 5.83. The lowest BCUT2D eigenvalue weighted by atomic mass is 9.96. The van der Waals surface area contributed by atoms with Gasteiger partial charge in [0.05, 0.1) is 37.8 Å². The van der Waals surface area contributed by atoms with Crippen molar-refractivity contribution in [2.24, 2.45) is 0 Å². The van der Waals surface area contributed by atoms with Crippen molar-refractivity contribution < 1.29 is 9.53 Å². The quantitative estimate of drug-likeness (QED) is 0.321. The van der Waals surface area contributed by atoms with Gasteiger partial charge in [-0.1, -0.05) is 72.3 Å². The third kappa shape index (κ3) is 4.34. The maximum atomic E-state index is 14.0. The Hall–Kier alpha value is -4.16. The Morgan fingerprint density at radius 2 is 1.68 bits per heavy atom. The Balaban J connectivity index is 1.50. The van der Waals surface area contributed by atoms with Crippen LogP contribution in [0, 0.1) is 13.8 Å². The average Bonchev–Trinajstić information content (AvgIpc) is 3.53. The maximum Gasteiger partial charge on any atom is 0.256 e. The SMILES string of the molecule is Cc1ccc(Cn2cncc2-n2cc(-c3cccc4ccccc34)c(C(=O)N3CCOCC3)c2C)cc1. The van der Waals surface area contributed by atoms with E-state index in [1.54, 1.807) is 0 Å². The number of amides is 1. The van der Waals surface area contributed by atoms with Crippen LogP contribution in [0.3, 0.4) is 0 Å². The van der Waals surface area contributed by atoms with Crippen LogP contribution in [0.1, 0.15) is 27.2 Å². The number of rotatable bonds is 5. The summed E-state index contributed by atoms with van der Waals surface area (Å²) in [5, 5.41) is 2.28. The summed E-state index contributed by atoms with van der Waals surface area (Å²) in [5.41, 5.74) is 6.08. The molecule has 0 spiro atoms. The van der Waals surface area contributed by atoms with Crippen LogP contribution in [0.2, 0.25) is 0 Å². The number of carbonyl (C=O) groups excluding carboxylic acids is 1. The molecule has 5 aromatic rings. The van der Waals surface area contributed by atoms with E-state index in [-0.39, 0.29) is 5.91 Å². The minimum atomic E-state index is 0.0482. The molecule has 1 aliphatic heterocycles. The van der Waals surface area contributed by atoms with Gasteiger partial charge in [0.25, 0.3) is 5.91 Å². The molecule has 1 fully saturated rings. The standard InChI is InChI=1S/C31H30N4O2/c1-22-10-12-24(13-11-22)19-34-21-32-18-29(34)35-20-28(27-9-5-7-25-6-3-4-8-26(25)27)30(23(35)2)31(36)33-14-16-37-17-15-33/h3-13,18,20-21H,14-17,19H2,1-2H3. The number of fused-ring (bicyclic) bond motifs is 1. The van der Waals surface area contributed by atoms with Gasteiger partial charge in [-0.3, -0.25) is 4.79 Å². The molecule has 0 bridgehead atoms. The van der Waals surface area contributed by atoms with Crippen LogP contribution >= 0.6 is 0 Å². The molecule has 0 unspecified atom stereocenters. The van der Waals surface area contributed by atoms with E-state index in [1.807, 2.05) is 30.4 Å². The van der Waals surface area contributed by atoms with Crippen molar-refractivity contribution in [3.05, 3.63) is 108 Å². The summed E-state index contributed by atoms with van der Waals surface area (Å²) < 4.78 is 9.77. The van der Waals surface area contributed by atoms with E-state index in [1.165, 1.54) is 11.1 Å². The summed E-state index contributed by atoms with van der Waals surface area (Å²) in [7, 11) is 0. The first kappa shape index (κ1) is 23.3. The second kappa shape index (κ2) is 9.71. The van der Waals surface area contributed by atoms with Gasteiger partial charge in [-0.2, -0.15) is 0 Å². The number of aromatic nitrogens is 3. The van der Waals surface area contributed by atoms with E-state index in [9.17, 15) is 4.79 Å². The molecule has 1 saturated heterocycles. The van der Waals surface area contributed by atoms with E-state index in [4.69, 9.17) is 4.74 Å². The molecular formula is C31H30N4O2. The lowest BCUT2D eigenvalue weighted by Crippen LogP contribution is -2.41. The van der Waals surface area contributed by atoms with Gasteiger partial charge in [0.15, 0.2) is 0 Å². The van der Waals surface area contributed by atoms with Gasteiger partial charge in [-0.25, -0.2) is 4.98 Å². The number of benzene rings is 3. The van der Waals surface area contributed by atoms with Crippen LogP contribution in [-0.4, -0.2) is 51.2 Å². The minimum absolute atomic E-state index is 0.0482. The highest BCUT2D eigenvalue weighted by Crippen LogP contribution is 2.36. The molecule has 1 amide bonds. The summed E-state index contributed by atoms with van der Waals surface area (Å²) in [6, 6.07) is 23.2. The average molecular weight is 491 g/mol. The summed E-state index contributed by atoms with van der Waals surface area (Å²) >= 11 is 0. The van der Waals surface area contributed by atoms with Gasteiger partial charge in [-0.05, 0) is 35.7 Å². The number of ether oxygens (including phenoxy) is 1. The Labute approximate surface area is 216 Å². The number of nitrogens with zero attached hydrogens (tertiary/aromatic N) is 4. The summed E-state index contributed by atoms with van der Waals surface area (Å²) in [4.78, 5) is 20.4. The van der Waals surface area contributed by atoms with Gasteiger partial charge < -0.3 is 18.8 Å². The Kier molecular flexibility index (Phi) is 6.10. The molecule has 37 heavy (non-hydrogen) atoms. The molecule has 6 rings (SSSR count). The number of carbonyl (C=O) groups is 1.